The number of hydrogen-bond donors (Lipinski definition) is 2. The number of carbonyl (C=O) groups is 1. The number of benzene rings is 1. The van der Waals surface area contributed by atoms with Crippen LogP contribution in [0.4, 0.5) is 5.69 Å². The highest BCUT2D eigenvalue weighted by atomic mass is 35.5. The third-order valence-electron chi connectivity index (χ3n) is 5.35. The molecule has 0 spiro atoms. The standard InChI is InChI=1S/C19H29N3O3S.ClH/c1-15(23)22-13-10-16-8-9-18(14-19(16)22)26(24,25)21-12-11-20-17-6-4-2-3-5-7-17;/h8-9,14,17,20-21H,2-7,10-13H2,1H3;1H. The van der Waals surface area contributed by atoms with Crippen molar-refractivity contribution in [3.05, 3.63) is 23.8 Å². The fourth-order valence-electron chi connectivity index (χ4n) is 3.88. The molecule has 1 fully saturated rings. The van der Waals surface area contributed by atoms with Gasteiger partial charge >= 0.3 is 0 Å². The number of carbonyl (C=O) groups excluding carboxylic acids is 1. The number of fused-ring (bicyclic) bond motifs is 1. The molecule has 1 heterocycles. The van der Waals surface area contributed by atoms with E-state index in [2.05, 4.69) is 10.0 Å². The molecule has 2 aliphatic rings. The number of anilines is 1. The lowest BCUT2D eigenvalue weighted by atomic mass is 10.1. The first-order valence-electron chi connectivity index (χ1n) is 9.61. The molecule has 2 N–H and O–H groups in total. The van der Waals surface area contributed by atoms with Gasteiger partial charge in [-0.25, -0.2) is 13.1 Å². The van der Waals surface area contributed by atoms with Crippen LogP contribution in [0.25, 0.3) is 0 Å². The first kappa shape index (κ1) is 22.1. The third-order valence-corrected chi connectivity index (χ3v) is 6.81. The van der Waals surface area contributed by atoms with Crippen LogP contribution in [0.3, 0.4) is 0 Å². The summed E-state index contributed by atoms with van der Waals surface area (Å²) >= 11 is 0. The lowest BCUT2D eigenvalue weighted by Gasteiger charge is -2.17. The van der Waals surface area contributed by atoms with Crippen LogP contribution >= 0.6 is 12.4 Å². The summed E-state index contributed by atoms with van der Waals surface area (Å²) in [5.41, 5.74) is 1.74. The van der Waals surface area contributed by atoms with E-state index in [0.29, 0.717) is 25.7 Å². The Hall–Kier alpha value is -1.15. The van der Waals surface area contributed by atoms with Crippen molar-refractivity contribution in [2.24, 2.45) is 0 Å². The van der Waals surface area contributed by atoms with Crippen molar-refractivity contribution in [3.63, 3.8) is 0 Å². The van der Waals surface area contributed by atoms with Crippen molar-refractivity contribution in [3.8, 4) is 0 Å². The third kappa shape index (κ3) is 5.67. The second kappa shape index (κ2) is 9.87. The van der Waals surface area contributed by atoms with E-state index >= 15 is 0 Å². The molecule has 152 valence electrons. The summed E-state index contributed by atoms with van der Waals surface area (Å²) in [6.45, 7) is 3.13. The summed E-state index contributed by atoms with van der Waals surface area (Å²) in [6.07, 6.45) is 8.25. The maximum absolute atomic E-state index is 12.6. The first-order valence-corrected chi connectivity index (χ1v) is 11.1. The topological polar surface area (TPSA) is 78.5 Å². The van der Waals surface area contributed by atoms with Crippen molar-refractivity contribution >= 4 is 34.0 Å². The van der Waals surface area contributed by atoms with Crippen molar-refractivity contribution in [1.29, 1.82) is 0 Å². The summed E-state index contributed by atoms with van der Waals surface area (Å²) in [7, 11) is -3.57. The molecule has 27 heavy (non-hydrogen) atoms. The average molecular weight is 416 g/mol. The monoisotopic (exact) mass is 415 g/mol. The van der Waals surface area contributed by atoms with Crippen LogP contribution in [0, 0.1) is 0 Å². The molecular formula is C19H30ClN3O3S. The van der Waals surface area contributed by atoms with Crippen LogP contribution in [0.1, 0.15) is 51.0 Å². The molecule has 1 amide bonds. The Balaban J connectivity index is 0.00000261. The average Bonchev–Trinajstić information content (AvgIpc) is 2.87. The summed E-state index contributed by atoms with van der Waals surface area (Å²) in [6, 6.07) is 5.57. The van der Waals surface area contributed by atoms with E-state index in [0.717, 1.165) is 17.7 Å². The lowest BCUT2D eigenvalue weighted by Crippen LogP contribution is -2.36. The second-order valence-electron chi connectivity index (χ2n) is 7.25. The fourth-order valence-corrected chi connectivity index (χ4v) is 4.93. The highest BCUT2D eigenvalue weighted by Crippen LogP contribution is 2.30. The van der Waals surface area contributed by atoms with Gasteiger partial charge in [0.15, 0.2) is 0 Å². The number of rotatable bonds is 6. The Morgan fingerprint density at radius 3 is 2.52 bits per heavy atom. The Morgan fingerprint density at radius 1 is 1.15 bits per heavy atom. The molecule has 0 atom stereocenters. The molecule has 1 aromatic rings. The minimum atomic E-state index is -3.57. The Morgan fingerprint density at radius 2 is 1.85 bits per heavy atom. The molecule has 0 aromatic heterocycles. The van der Waals surface area contributed by atoms with Crippen LogP contribution in [0.5, 0.6) is 0 Å². The summed E-state index contributed by atoms with van der Waals surface area (Å²) in [4.78, 5) is 13.6. The van der Waals surface area contributed by atoms with Crippen molar-refractivity contribution in [2.45, 2.75) is 62.8 Å². The number of nitrogens with zero attached hydrogens (tertiary/aromatic N) is 1. The van der Waals surface area contributed by atoms with Crippen molar-refractivity contribution in [1.82, 2.24) is 10.0 Å². The molecule has 1 aliphatic carbocycles. The Kier molecular flexibility index (Phi) is 8.09. The van der Waals surface area contributed by atoms with E-state index in [1.54, 1.807) is 17.0 Å². The highest BCUT2D eigenvalue weighted by molar-refractivity contribution is 7.89. The Bertz CT molecular complexity index is 747. The van der Waals surface area contributed by atoms with Gasteiger partial charge in [0.2, 0.25) is 15.9 Å². The van der Waals surface area contributed by atoms with Crippen LogP contribution in [-0.4, -0.2) is 40.0 Å². The summed E-state index contributed by atoms with van der Waals surface area (Å²) < 4.78 is 27.8. The fraction of sp³-hybridized carbons (Fsp3) is 0.632. The van der Waals surface area contributed by atoms with Gasteiger partial charge in [-0.2, -0.15) is 0 Å². The molecule has 1 saturated carbocycles. The van der Waals surface area contributed by atoms with Gasteiger partial charge in [0.05, 0.1) is 4.90 Å². The SMILES string of the molecule is CC(=O)N1CCc2ccc(S(=O)(=O)NCCNC3CCCCCC3)cc21.Cl. The van der Waals surface area contributed by atoms with Gasteiger partial charge in [0, 0.05) is 38.3 Å². The molecule has 0 bridgehead atoms. The van der Waals surface area contributed by atoms with Gasteiger partial charge < -0.3 is 10.2 Å². The van der Waals surface area contributed by atoms with Crippen LogP contribution in [0.2, 0.25) is 0 Å². The van der Waals surface area contributed by atoms with Gasteiger partial charge in [-0.05, 0) is 37.0 Å². The van der Waals surface area contributed by atoms with Crippen molar-refractivity contribution < 1.29 is 13.2 Å². The molecule has 3 rings (SSSR count). The van der Waals surface area contributed by atoms with Crippen LogP contribution in [-0.2, 0) is 21.2 Å². The zero-order chi connectivity index (χ0) is 18.6. The smallest absolute Gasteiger partial charge is 0.240 e. The molecule has 0 unspecified atom stereocenters. The van der Waals surface area contributed by atoms with E-state index < -0.39 is 10.0 Å². The quantitative estimate of drug-likeness (QED) is 0.553. The highest BCUT2D eigenvalue weighted by Gasteiger charge is 2.25. The van der Waals surface area contributed by atoms with Crippen molar-refractivity contribution in [2.75, 3.05) is 24.5 Å². The van der Waals surface area contributed by atoms with Gasteiger partial charge in [-0.3, -0.25) is 4.79 Å². The number of sulfonamides is 1. The van der Waals surface area contributed by atoms with Crippen LogP contribution in [0.15, 0.2) is 23.1 Å². The Labute approximate surface area is 168 Å². The second-order valence-corrected chi connectivity index (χ2v) is 9.02. The largest absolute Gasteiger partial charge is 0.313 e. The molecule has 1 aliphatic heterocycles. The van der Waals surface area contributed by atoms with E-state index in [1.807, 2.05) is 6.07 Å². The maximum atomic E-state index is 12.6. The first-order chi connectivity index (χ1) is 12.5. The zero-order valence-corrected chi connectivity index (χ0v) is 17.5. The predicted molar refractivity (Wildman–Crippen MR) is 110 cm³/mol. The molecule has 0 saturated heterocycles. The number of hydrogen-bond acceptors (Lipinski definition) is 4. The van der Waals surface area contributed by atoms with E-state index in [1.165, 1.54) is 45.4 Å². The van der Waals surface area contributed by atoms with E-state index in [9.17, 15) is 13.2 Å². The molecule has 0 radical (unpaired) electrons. The normalized spacial score (nSPS) is 17.9. The number of amides is 1. The van der Waals surface area contributed by atoms with Gasteiger partial charge in [0.25, 0.3) is 0 Å². The minimum absolute atomic E-state index is 0. The zero-order valence-electron chi connectivity index (χ0n) is 15.9. The number of halogens is 1. The predicted octanol–water partition coefficient (Wildman–Crippen LogP) is 2.61. The number of nitrogens with one attached hydrogen (secondary N) is 2. The van der Waals surface area contributed by atoms with Crippen LogP contribution < -0.4 is 14.9 Å². The maximum Gasteiger partial charge on any atom is 0.240 e. The lowest BCUT2D eigenvalue weighted by molar-refractivity contribution is -0.116. The van der Waals surface area contributed by atoms with Gasteiger partial charge in [0.1, 0.15) is 0 Å². The molecule has 8 heteroatoms. The van der Waals surface area contributed by atoms with E-state index in [-0.39, 0.29) is 23.2 Å². The summed E-state index contributed by atoms with van der Waals surface area (Å²) in [5.74, 6) is -0.0566. The van der Waals surface area contributed by atoms with E-state index in [4.69, 9.17) is 0 Å². The summed E-state index contributed by atoms with van der Waals surface area (Å²) in [5, 5.41) is 3.47. The van der Waals surface area contributed by atoms with Gasteiger partial charge in [-0.1, -0.05) is 31.7 Å². The molecule has 1 aromatic carbocycles. The minimum Gasteiger partial charge on any atom is -0.313 e. The van der Waals surface area contributed by atoms with Gasteiger partial charge in [-0.15, -0.1) is 12.4 Å². The molecule has 6 nitrogen and oxygen atoms in total. The molecular weight excluding hydrogens is 386 g/mol.